The first-order valence-electron chi connectivity index (χ1n) is 5.57. The van der Waals surface area contributed by atoms with E-state index in [2.05, 4.69) is 5.32 Å². The van der Waals surface area contributed by atoms with Crippen LogP contribution in [-0.4, -0.2) is 16.7 Å². The number of carbonyl (C=O) groups excluding carboxylic acids is 2. The van der Waals surface area contributed by atoms with Gasteiger partial charge in [-0.1, -0.05) is 24.3 Å². The molecule has 2 aliphatic heterocycles. The molecule has 0 fully saturated rings. The molecule has 0 aliphatic carbocycles. The zero-order valence-electron chi connectivity index (χ0n) is 9.46. The van der Waals surface area contributed by atoms with Gasteiger partial charge in [0.05, 0.1) is 11.1 Å². The lowest BCUT2D eigenvalue weighted by atomic mass is 10.1. The zero-order chi connectivity index (χ0) is 12.5. The third-order valence-electron chi connectivity index (χ3n) is 2.84. The Morgan fingerprint density at radius 1 is 0.889 bits per heavy atom. The van der Waals surface area contributed by atoms with Gasteiger partial charge in [0.25, 0.3) is 11.8 Å². The first-order chi connectivity index (χ1) is 8.79. The minimum absolute atomic E-state index is 0.293. The van der Waals surface area contributed by atoms with Crippen molar-refractivity contribution in [1.82, 2.24) is 10.2 Å². The van der Waals surface area contributed by atoms with Crippen LogP contribution in [0, 0.1) is 0 Å². The lowest BCUT2D eigenvalue weighted by Crippen LogP contribution is -2.34. The fourth-order valence-corrected chi connectivity index (χ4v) is 2.00. The molecule has 2 heterocycles. The van der Waals surface area contributed by atoms with Crippen LogP contribution >= 0.6 is 0 Å². The van der Waals surface area contributed by atoms with Crippen LogP contribution in [-0.2, 0) is 0 Å². The van der Waals surface area contributed by atoms with Gasteiger partial charge >= 0.3 is 0 Å². The van der Waals surface area contributed by atoms with E-state index < -0.39 is 0 Å². The third kappa shape index (κ3) is 1.47. The Hall–Kier alpha value is -2.62. The summed E-state index contributed by atoms with van der Waals surface area (Å²) in [5.74, 6) is -0.123. The van der Waals surface area contributed by atoms with Gasteiger partial charge in [0.1, 0.15) is 5.82 Å². The molecule has 4 heteroatoms. The number of rotatable bonds is 1. The number of nitrogens with one attached hydrogen (secondary N) is 1. The largest absolute Gasteiger partial charge is 0.348 e. The number of hydrogen-bond donors (Lipinski definition) is 1. The molecule has 0 bridgehead atoms. The summed E-state index contributed by atoms with van der Waals surface area (Å²) in [6, 6.07) is 6.83. The summed E-state index contributed by atoms with van der Waals surface area (Å²) in [5, 5.41) is 2.92. The monoisotopic (exact) mass is 238 g/mol. The molecule has 0 spiro atoms. The number of allylic oxidation sites excluding steroid dienone is 4. The standard InChI is InChI=1S/C14H10N2O2/c17-13-10-6-3-4-7-11(10)14(18)16(13)12-8-2-1-5-9-15-12/h1-9,15H. The summed E-state index contributed by atoms with van der Waals surface area (Å²) in [4.78, 5) is 25.5. The molecule has 2 aliphatic rings. The Labute approximate surface area is 104 Å². The molecule has 1 N–H and O–H groups in total. The van der Waals surface area contributed by atoms with Gasteiger partial charge in [-0.2, -0.15) is 0 Å². The van der Waals surface area contributed by atoms with Gasteiger partial charge in [-0.05, 0) is 24.3 Å². The maximum atomic E-state index is 12.2. The predicted molar refractivity (Wildman–Crippen MR) is 66.4 cm³/mol. The molecule has 1 aromatic rings. The van der Waals surface area contributed by atoms with Gasteiger partial charge in [0.15, 0.2) is 0 Å². The summed E-state index contributed by atoms with van der Waals surface area (Å²) in [7, 11) is 0. The molecule has 4 nitrogen and oxygen atoms in total. The van der Waals surface area contributed by atoms with E-state index in [1.165, 1.54) is 0 Å². The number of amides is 2. The highest BCUT2D eigenvalue weighted by Crippen LogP contribution is 2.25. The van der Waals surface area contributed by atoms with Gasteiger partial charge in [-0.15, -0.1) is 0 Å². The summed E-state index contributed by atoms with van der Waals surface area (Å²) >= 11 is 0. The Morgan fingerprint density at radius 3 is 2.22 bits per heavy atom. The molecule has 88 valence electrons. The normalized spacial score (nSPS) is 17.3. The van der Waals surface area contributed by atoms with E-state index in [-0.39, 0.29) is 11.8 Å². The molecular formula is C14H10N2O2. The number of fused-ring (bicyclic) bond motifs is 1. The van der Waals surface area contributed by atoms with Gasteiger partial charge in [0.2, 0.25) is 0 Å². The van der Waals surface area contributed by atoms with Crippen molar-refractivity contribution in [2.24, 2.45) is 0 Å². The highest BCUT2D eigenvalue weighted by atomic mass is 16.2. The van der Waals surface area contributed by atoms with Crippen molar-refractivity contribution in [2.75, 3.05) is 0 Å². The number of hydrogen-bond acceptors (Lipinski definition) is 3. The van der Waals surface area contributed by atoms with Crippen molar-refractivity contribution in [2.45, 2.75) is 0 Å². The molecule has 3 rings (SSSR count). The van der Waals surface area contributed by atoms with Crippen LogP contribution in [0.5, 0.6) is 0 Å². The smallest absolute Gasteiger partial charge is 0.267 e. The van der Waals surface area contributed by atoms with Crippen LogP contribution < -0.4 is 5.32 Å². The van der Waals surface area contributed by atoms with Crippen molar-refractivity contribution >= 4 is 11.8 Å². The summed E-state index contributed by atoms with van der Waals surface area (Å²) in [5.41, 5.74) is 0.893. The highest BCUT2D eigenvalue weighted by molar-refractivity contribution is 6.22. The maximum Gasteiger partial charge on any atom is 0.267 e. The average molecular weight is 238 g/mol. The van der Waals surface area contributed by atoms with E-state index in [0.29, 0.717) is 16.9 Å². The van der Waals surface area contributed by atoms with Crippen molar-refractivity contribution in [3.05, 3.63) is 71.7 Å². The Balaban J connectivity index is 2.04. The minimum atomic E-state index is -0.293. The molecule has 0 atom stereocenters. The van der Waals surface area contributed by atoms with Crippen LogP contribution in [0.1, 0.15) is 20.7 Å². The third-order valence-corrected chi connectivity index (χ3v) is 2.84. The van der Waals surface area contributed by atoms with E-state index in [4.69, 9.17) is 0 Å². The molecule has 0 saturated heterocycles. The second-order valence-corrected chi connectivity index (χ2v) is 3.93. The molecule has 0 saturated carbocycles. The lowest BCUT2D eigenvalue weighted by Gasteiger charge is -2.16. The Bertz CT molecular complexity index is 591. The lowest BCUT2D eigenvalue weighted by molar-refractivity contribution is 0.0697. The fourth-order valence-electron chi connectivity index (χ4n) is 2.00. The molecule has 1 aromatic carbocycles. The van der Waals surface area contributed by atoms with E-state index in [1.54, 1.807) is 48.7 Å². The number of imide groups is 1. The second kappa shape index (κ2) is 4.00. The summed E-state index contributed by atoms with van der Waals surface area (Å²) in [6.07, 6.45) is 8.76. The molecule has 0 unspecified atom stereocenters. The molecule has 0 radical (unpaired) electrons. The van der Waals surface area contributed by atoms with Gasteiger partial charge in [-0.25, -0.2) is 4.90 Å². The zero-order valence-corrected chi connectivity index (χ0v) is 9.46. The molecule has 2 amide bonds. The van der Waals surface area contributed by atoms with Crippen LogP contribution in [0.25, 0.3) is 0 Å². The number of benzene rings is 1. The summed E-state index contributed by atoms with van der Waals surface area (Å²) in [6.45, 7) is 0. The minimum Gasteiger partial charge on any atom is -0.348 e. The first kappa shape index (κ1) is 10.5. The van der Waals surface area contributed by atoms with Gasteiger partial charge < -0.3 is 5.32 Å². The van der Waals surface area contributed by atoms with Crippen molar-refractivity contribution in [3.63, 3.8) is 0 Å². The van der Waals surface area contributed by atoms with E-state index in [0.717, 1.165) is 4.90 Å². The van der Waals surface area contributed by atoms with Crippen LogP contribution in [0.2, 0.25) is 0 Å². The van der Waals surface area contributed by atoms with E-state index in [9.17, 15) is 9.59 Å². The SMILES string of the molecule is O=C1c2ccccc2C(=O)N1C1=CC=CC=CN1. The van der Waals surface area contributed by atoms with Crippen molar-refractivity contribution in [3.8, 4) is 0 Å². The van der Waals surface area contributed by atoms with Crippen LogP contribution in [0.15, 0.2) is 60.6 Å². The summed E-state index contributed by atoms with van der Waals surface area (Å²) < 4.78 is 0. The fraction of sp³-hybridized carbons (Fsp3) is 0. The number of nitrogens with zero attached hydrogens (tertiary/aromatic N) is 1. The first-order valence-corrected chi connectivity index (χ1v) is 5.57. The average Bonchev–Trinajstić information content (AvgIpc) is 2.61. The second-order valence-electron chi connectivity index (χ2n) is 3.93. The Kier molecular flexibility index (Phi) is 2.34. The van der Waals surface area contributed by atoms with Gasteiger partial charge in [-0.3, -0.25) is 9.59 Å². The predicted octanol–water partition coefficient (Wildman–Crippen LogP) is 1.80. The van der Waals surface area contributed by atoms with Crippen molar-refractivity contribution < 1.29 is 9.59 Å². The topological polar surface area (TPSA) is 49.4 Å². The molecule has 18 heavy (non-hydrogen) atoms. The van der Waals surface area contributed by atoms with Crippen LogP contribution in [0.3, 0.4) is 0 Å². The van der Waals surface area contributed by atoms with Gasteiger partial charge in [0, 0.05) is 6.20 Å². The maximum absolute atomic E-state index is 12.2. The van der Waals surface area contributed by atoms with Crippen molar-refractivity contribution in [1.29, 1.82) is 0 Å². The molecular weight excluding hydrogens is 228 g/mol. The number of carbonyl (C=O) groups is 2. The van der Waals surface area contributed by atoms with E-state index in [1.807, 2.05) is 6.08 Å². The quantitative estimate of drug-likeness (QED) is 0.759. The van der Waals surface area contributed by atoms with Crippen LogP contribution in [0.4, 0.5) is 0 Å². The van der Waals surface area contributed by atoms with E-state index >= 15 is 0 Å². The Morgan fingerprint density at radius 2 is 1.56 bits per heavy atom. The highest BCUT2D eigenvalue weighted by Gasteiger charge is 2.37. The molecule has 0 aromatic heterocycles.